The van der Waals surface area contributed by atoms with Crippen LogP contribution in [0.4, 0.5) is 10.5 Å². The number of carbonyl (C=O) groups excluding carboxylic acids is 2. The molecule has 136 valence electrons. The highest BCUT2D eigenvalue weighted by Gasteiger charge is 2.23. The van der Waals surface area contributed by atoms with E-state index in [4.69, 9.17) is 4.74 Å². The molecule has 25 heavy (non-hydrogen) atoms. The third-order valence-corrected chi connectivity index (χ3v) is 4.82. The fraction of sp³-hybridized carbons (Fsp3) is 0.579. The van der Waals surface area contributed by atoms with E-state index in [1.54, 1.807) is 0 Å². The summed E-state index contributed by atoms with van der Waals surface area (Å²) in [6.45, 7) is 2.73. The van der Waals surface area contributed by atoms with Gasteiger partial charge in [-0.3, -0.25) is 4.79 Å². The van der Waals surface area contributed by atoms with E-state index in [0.717, 1.165) is 44.5 Å². The second kappa shape index (κ2) is 8.85. The van der Waals surface area contributed by atoms with Crippen molar-refractivity contribution in [2.45, 2.75) is 44.6 Å². The lowest BCUT2D eigenvalue weighted by atomic mass is 10.2. The summed E-state index contributed by atoms with van der Waals surface area (Å²) in [6, 6.07) is 7.88. The van der Waals surface area contributed by atoms with Gasteiger partial charge < -0.3 is 20.3 Å². The molecule has 2 heterocycles. The summed E-state index contributed by atoms with van der Waals surface area (Å²) >= 11 is 0. The van der Waals surface area contributed by atoms with Crippen LogP contribution in [0.5, 0.6) is 0 Å². The molecule has 1 fully saturated rings. The van der Waals surface area contributed by atoms with E-state index in [9.17, 15) is 9.59 Å². The molecule has 2 aliphatic rings. The molecule has 1 aromatic carbocycles. The van der Waals surface area contributed by atoms with Crippen molar-refractivity contribution in [1.29, 1.82) is 0 Å². The molecular weight excluding hydrogens is 318 g/mol. The number of benzene rings is 1. The average Bonchev–Trinajstić information content (AvgIpc) is 3.28. The monoisotopic (exact) mass is 345 g/mol. The van der Waals surface area contributed by atoms with Crippen molar-refractivity contribution in [3.8, 4) is 0 Å². The predicted molar refractivity (Wildman–Crippen MR) is 96.7 cm³/mol. The maximum atomic E-state index is 12.4. The maximum Gasteiger partial charge on any atom is 0.314 e. The number of anilines is 1. The number of urea groups is 1. The normalized spacial score (nSPS) is 18.9. The molecule has 0 aliphatic carbocycles. The highest BCUT2D eigenvalue weighted by Crippen LogP contribution is 2.27. The van der Waals surface area contributed by atoms with Crippen LogP contribution >= 0.6 is 0 Å². The molecule has 2 aliphatic heterocycles. The van der Waals surface area contributed by atoms with Gasteiger partial charge in [0.1, 0.15) is 0 Å². The Hall–Kier alpha value is -2.08. The van der Waals surface area contributed by atoms with Gasteiger partial charge in [0.2, 0.25) is 5.91 Å². The number of nitrogens with one attached hydrogen (secondary N) is 2. The van der Waals surface area contributed by atoms with Gasteiger partial charge >= 0.3 is 6.03 Å². The molecule has 0 radical (unpaired) electrons. The van der Waals surface area contributed by atoms with Gasteiger partial charge in [-0.2, -0.15) is 0 Å². The van der Waals surface area contributed by atoms with Gasteiger partial charge in [-0.05, 0) is 43.7 Å². The van der Waals surface area contributed by atoms with Crippen LogP contribution in [0.3, 0.4) is 0 Å². The third-order valence-electron chi connectivity index (χ3n) is 4.82. The van der Waals surface area contributed by atoms with Crippen LogP contribution in [-0.2, 0) is 16.0 Å². The summed E-state index contributed by atoms with van der Waals surface area (Å²) < 4.78 is 5.52. The van der Waals surface area contributed by atoms with E-state index in [-0.39, 0.29) is 11.9 Å². The van der Waals surface area contributed by atoms with Crippen LogP contribution < -0.4 is 15.5 Å². The van der Waals surface area contributed by atoms with Crippen LogP contribution in [0.1, 0.15) is 37.7 Å². The molecule has 1 saturated heterocycles. The second-order valence-electron chi connectivity index (χ2n) is 6.63. The predicted octanol–water partition coefficient (Wildman–Crippen LogP) is 2.22. The molecule has 3 rings (SSSR count). The van der Waals surface area contributed by atoms with E-state index in [2.05, 4.69) is 16.7 Å². The molecule has 0 aromatic heterocycles. The van der Waals surface area contributed by atoms with E-state index in [1.807, 2.05) is 23.1 Å². The minimum Gasteiger partial charge on any atom is -0.378 e. The van der Waals surface area contributed by atoms with Crippen molar-refractivity contribution < 1.29 is 14.3 Å². The van der Waals surface area contributed by atoms with Crippen molar-refractivity contribution in [2.24, 2.45) is 0 Å². The van der Waals surface area contributed by atoms with Crippen LogP contribution in [0.15, 0.2) is 24.3 Å². The number of para-hydroxylation sites is 1. The molecule has 1 aromatic rings. The molecule has 0 saturated carbocycles. The summed E-state index contributed by atoms with van der Waals surface area (Å²) in [5.41, 5.74) is 2.27. The molecule has 3 amide bonds. The number of nitrogens with zero attached hydrogens (tertiary/aromatic N) is 1. The lowest BCUT2D eigenvalue weighted by molar-refractivity contribution is -0.118. The number of amides is 3. The van der Waals surface area contributed by atoms with Crippen molar-refractivity contribution in [2.75, 3.05) is 31.1 Å². The van der Waals surface area contributed by atoms with Gasteiger partial charge in [0.05, 0.1) is 6.10 Å². The summed E-state index contributed by atoms with van der Waals surface area (Å²) in [5.74, 6) is 0.130. The Balaban J connectivity index is 1.28. The van der Waals surface area contributed by atoms with Crippen molar-refractivity contribution in [3.05, 3.63) is 29.8 Å². The van der Waals surface area contributed by atoms with Gasteiger partial charge in [0.25, 0.3) is 0 Å². The smallest absolute Gasteiger partial charge is 0.314 e. The van der Waals surface area contributed by atoms with E-state index in [1.165, 1.54) is 5.56 Å². The van der Waals surface area contributed by atoms with Gasteiger partial charge in [0, 0.05) is 38.3 Å². The zero-order valence-electron chi connectivity index (χ0n) is 14.6. The Morgan fingerprint density at radius 3 is 2.88 bits per heavy atom. The molecular formula is C19H27N3O3. The number of carbonyl (C=O) groups is 2. The van der Waals surface area contributed by atoms with Crippen molar-refractivity contribution in [3.63, 3.8) is 0 Å². The maximum absolute atomic E-state index is 12.4. The Labute approximate surface area is 148 Å². The van der Waals surface area contributed by atoms with Crippen LogP contribution in [0.25, 0.3) is 0 Å². The Bertz CT molecular complexity index is 599. The molecule has 6 nitrogen and oxygen atoms in total. The Morgan fingerprint density at radius 1 is 1.20 bits per heavy atom. The Kier molecular flexibility index (Phi) is 6.28. The fourth-order valence-corrected chi connectivity index (χ4v) is 3.45. The first-order valence-corrected chi connectivity index (χ1v) is 9.25. The molecule has 0 bridgehead atoms. The van der Waals surface area contributed by atoms with Crippen LogP contribution in [-0.4, -0.2) is 44.3 Å². The third kappa shape index (κ3) is 4.95. The largest absolute Gasteiger partial charge is 0.378 e. The molecule has 2 N–H and O–H groups in total. The summed E-state index contributed by atoms with van der Waals surface area (Å²) in [5, 5.41) is 5.65. The first kappa shape index (κ1) is 17.7. The second-order valence-corrected chi connectivity index (χ2v) is 6.63. The molecule has 0 unspecified atom stereocenters. The summed E-state index contributed by atoms with van der Waals surface area (Å²) in [4.78, 5) is 25.9. The molecule has 6 heteroatoms. The van der Waals surface area contributed by atoms with Gasteiger partial charge in [0.15, 0.2) is 0 Å². The van der Waals surface area contributed by atoms with Crippen molar-refractivity contribution >= 4 is 17.6 Å². The lowest BCUT2D eigenvalue weighted by Crippen LogP contribution is -2.38. The SMILES string of the molecule is O=C(NCCCC(=O)N1CCc2ccccc21)NCC[C@@H]1CCCO1. The zero-order chi connectivity index (χ0) is 17.5. The number of ether oxygens (including phenoxy) is 1. The first-order valence-electron chi connectivity index (χ1n) is 9.25. The number of hydrogen-bond donors (Lipinski definition) is 2. The minimum atomic E-state index is -0.169. The lowest BCUT2D eigenvalue weighted by Gasteiger charge is -2.17. The van der Waals surface area contributed by atoms with E-state index < -0.39 is 0 Å². The first-order chi connectivity index (χ1) is 12.2. The number of fused-ring (bicyclic) bond motifs is 1. The Morgan fingerprint density at radius 2 is 2.04 bits per heavy atom. The average molecular weight is 345 g/mol. The number of hydrogen-bond acceptors (Lipinski definition) is 3. The highest BCUT2D eigenvalue weighted by molar-refractivity contribution is 5.95. The quantitative estimate of drug-likeness (QED) is 0.745. The van der Waals surface area contributed by atoms with E-state index in [0.29, 0.717) is 32.0 Å². The summed E-state index contributed by atoms with van der Waals surface area (Å²) in [6.07, 6.45) is 5.38. The topological polar surface area (TPSA) is 70.7 Å². The van der Waals surface area contributed by atoms with Crippen LogP contribution in [0.2, 0.25) is 0 Å². The number of rotatable bonds is 7. The minimum absolute atomic E-state index is 0.130. The molecule has 0 spiro atoms. The summed E-state index contributed by atoms with van der Waals surface area (Å²) in [7, 11) is 0. The molecule has 1 atom stereocenters. The standard InChI is InChI=1S/C19H27N3O3/c23-18(22-13-10-15-5-1-2-7-17(15)22)8-3-11-20-19(24)21-12-9-16-6-4-14-25-16/h1-2,5,7,16H,3-4,6,8-14H2,(H2,20,21,24)/t16-/m0/s1. The zero-order valence-corrected chi connectivity index (χ0v) is 14.6. The highest BCUT2D eigenvalue weighted by atomic mass is 16.5. The van der Waals surface area contributed by atoms with E-state index >= 15 is 0 Å². The van der Waals surface area contributed by atoms with Gasteiger partial charge in [-0.1, -0.05) is 18.2 Å². The van der Waals surface area contributed by atoms with Gasteiger partial charge in [-0.15, -0.1) is 0 Å². The van der Waals surface area contributed by atoms with Crippen molar-refractivity contribution in [1.82, 2.24) is 10.6 Å². The van der Waals surface area contributed by atoms with Gasteiger partial charge in [-0.25, -0.2) is 4.79 Å². The van der Waals surface area contributed by atoms with Crippen LogP contribution in [0, 0.1) is 0 Å². The fourth-order valence-electron chi connectivity index (χ4n) is 3.45.